The SMILES string of the molecule is C[C@H]1O[C@@H](n2cnc3c(N)ncnc32)C[C@@H]1OP(=O)(O)OC[C@H]1O[C@@H](n2ccc(=O)[nH]c2=O)C[C@@H]1O.C[C@H]1O[C@@H](n2cnc3c(N)ncnc32)C[C@@H]1OP(=O)(O)OC[C@H]1O[C@@H](n2ccc(=O)[nH]c2=O)[C@H](N)[C@@H]1O. The second-order valence-corrected chi connectivity index (χ2v) is 20.0. The van der Waals surface area contributed by atoms with Gasteiger partial charge in [-0.05, 0) is 13.8 Å². The van der Waals surface area contributed by atoms with E-state index < -0.39 is 131 Å². The predicted octanol–water partition coefficient (Wildman–Crippen LogP) is -2.23. The van der Waals surface area contributed by atoms with Crippen LogP contribution in [-0.4, -0.2) is 146 Å². The number of phosphoric acid groups is 2. The Morgan fingerprint density at radius 3 is 1.62 bits per heavy atom. The maximum Gasteiger partial charge on any atom is 0.472 e. The van der Waals surface area contributed by atoms with Crippen molar-refractivity contribution in [3.05, 3.63) is 91.5 Å². The molecule has 4 fully saturated rings. The Morgan fingerprint density at radius 1 is 0.658 bits per heavy atom. The highest BCUT2D eigenvalue weighted by molar-refractivity contribution is 7.47. The molecule has 4 saturated heterocycles. The van der Waals surface area contributed by atoms with Gasteiger partial charge >= 0.3 is 27.0 Å². The number of aliphatic hydroxyl groups is 2. The van der Waals surface area contributed by atoms with Crippen molar-refractivity contribution < 1.29 is 66.2 Å². The van der Waals surface area contributed by atoms with Crippen LogP contribution in [-0.2, 0) is 46.2 Å². The zero-order chi connectivity index (χ0) is 52.1. The second-order valence-electron chi connectivity index (χ2n) is 17.1. The number of aromatic amines is 2. The number of fused-ring (bicyclic) bond motifs is 2. The van der Waals surface area contributed by atoms with Gasteiger partial charge in [-0.25, -0.2) is 48.6 Å². The lowest BCUT2D eigenvalue weighted by Crippen LogP contribution is -2.43. The van der Waals surface area contributed by atoms with Gasteiger partial charge < -0.3 is 56.1 Å². The van der Waals surface area contributed by atoms with Crippen LogP contribution in [0.3, 0.4) is 0 Å². The summed E-state index contributed by atoms with van der Waals surface area (Å²) in [5, 5.41) is 20.7. The van der Waals surface area contributed by atoms with Crippen LogP contribution >= 0.6 is 15.6 Å². The first-order valence-electron chi connectivity index (χ1n) is 22.2. The highest BCUT2D eigenvalue weighted by Gasteiger charge is 2.46. The molecule has 10 heterocycles. The molecular formula is C38H49N15O18P2. The van der Waals surface area contributed by atoms with Gasteiger partial charge in [0.25, 0.3) is 11.1 Å². The molecule has 0 radical (unpaired) electrons. The van der Waals surface area contributed by atoms with Crippen molar-refractivity contribution in [3.63, 3.8) is 0 Å². The predicted molar refractivity (Wildman–Crippen MR) is 244 cm³/mol. The molecule has 0 aromatic carbocycles. The van der Waals surface area contributed by atoms with Gasteiger partial charge in [0.1, 0.15) is 60.7 Å². The number of aliphatic hydroxyl groups excluding tert-OH is 2. The summed E-state index contributed by atoms with van der Waals surface area (Å²) in [7, 11) is -9.23. The van der Waals surface area contributed by atoms with Gasteiger partial charge in [-0.1, -0.05) is 0 Å². The molecule has 0 spiro atoms. The van der Waals surface area contributed by atoms with E-state index in [9.17, 15) is 48.3 Å². The smallest absolute Gasteiger partial charge is 0.390 e. The number of nitrogen functional groups attached to an aromatic ring is 2. The van der Waals surface area contributed by atoms with Crippen LogP contribution < -0.4 is 39.7 Å². The number of phosphoric ester groups is 2. The molecule has 4 aliphatic rings. The fourth-order valence-electron chi connectivity index (χ4n) is 8.55. The first kappa shape index (κ1) is 51.9. The molecule has 6 aromatic rings. The normalized spacial score (nSPS) is 30.9. The first-order valence-corrected chi connectivity index (χ1v) is 25.2. The van der Waals surface area contributed by atoms with Gasteiger partial charge in [-0.3, -0.25) is 55.9 Å². The minimum absolute atomic E-state index is 0.0126. The summed E-state index contributed by atoms with van der Waals surface area (Å²) in [6.45, 7) is 2.31. The van der Waals surface area contributed by atoms with E-state index in [1.165, 1.54) is 37.7 Å². The third-order valence-corrected chi connectivity index (χ3v) is 14.3. The number of anilines is 2. The number of H-pyrrole nitrogens is 2. The van der Waals surface area contributed by atoms with Gasteiger partial charge in [0.15, 0.2) is 29.2 Å². The maximum absolute atomic E-state index is 12.7. The lowest BCUT2D eigenvalue weighted by molar-refractivity contribution is -0.0506. The monoisotopic (exact) mass is 1070 g/mol. The summed E-state index contributed by atoms with van der Waals surface area (Å²) in [4.78, 5) is 95.8. The number of nitrogens with two attached hydrogens (primary N) is 3. The molecule has 394 valence electrons. The minimum atomic E-state index is -4.64. The molecule has 73 heavy (non-hydrogen) atoms. The number of ether oxygens (including phenoxy) is 4. The van der Waals surface area contributed by atoms with Crippen molar-refractivity contribution in [2.24, 2.45) is 5.73 Å². The van der Waals surface area contributed by atoms with Crippen LogP contribution in [0.15, 0.2) is 69.0 Å². The second kappa shape index (κ2) is 20.7. The molecule has 0 aliphatic carbocycles. The summed E-state index contributed by atoms with van der Waals surface area (Å²) in [6.07, 6.45) is -2.23. The minimum Gasteiger partial charge on any atom is -0.390 e. The largest absolute Gasteiger partial charge is 0.472 e. The molecule has 2 unspecified atom stereocenters. The van der Waals surface area contributed by atoms with E-state index in [4.69, 9.17) is 54.2 Å². The fourth-order valence-corrected chi connectivity index (χ4v) is 10.5. The van der Waals surface area contributed by atoms with Crippen molar-refractivity contribution >= 4 is 49.6 Å². The molecule has 4 aliphatic heterocycles. The summed E-state index contributed by atoms with van der Waals surface area (Å²) >= 11 is 0. The lowest BCUT2D eigenvalue weighted by Gasteiger charge is -2.21. The van der Waals surface area contributed by atoms with Gasteiger partial charge in [0, 0.05) is 43.8 Å². The van der Waals surface area contributed by atoms with Gasteiger partial charge in [0.2, 0.25) is 0 Å². The number of hydrogen-bond acceptors (Lipinski definition) is 25. The highest BCUT2D eigenvalue weighted by Crippen LogP contribution is 2.50. The van der Waals surface area contributed by atoms with E-state index in [2.05, 4.69) is 39.9 Å². The molecule has 0 saturated carbocycles. The van der Waals surface area contributed by atoms with Crippen molar-refractivity contribution in [2.75, 3.05) is 24.7 Å². The maximum atomic E-state index is 12.7. The van der Waals surface area contributed by atoms with E-state index in [0.717, 1.165) is 21.3 Å². The van der Waals surface area contributed by atoms with E-state index in [0.29, 0.717) is 22.3 Å². The summed E-state index contributed by atoms with van der Waals surface area (Å²) < 4.78 is 74.5. The lowest BCUT2D eigenvalue weighted by atomic mass is 10.1. The Hall–Kier alpha value is -6.00. The summed E-state index contributed by atoms with van der Waals surface area (Å²) in [5.41, 5.74) is 16.6. The summed E-state index contributed by atoms with van der Waals surface area (Å²) in [6, 6.07) is 1.15. The number of nitrogens with zero attached hydrogens (tertiary/aromatic N) is 10. The van der Waals surface area contributed by atoms with Gasteiger partial charge in [0.05, 0.1) is 62.4 Å². The van der Waals surface area contributed by atoms with Crippen molar-refractivity contribution in [1.82, 2.24) is 58.1 Å². The van der Waals surface area contributed by atoms with Crippen LogP contribution in [0.4, 0.5) is 11.6 Å². The number of rotatable bonds is 14. The molecule has 12 N–H and O–H groups in total. The number of nitrogens with one attached hydrogen (secondary N) is 2. The zero-order valence-corrected chi connectivity index (χ0v) is 40.1. The van der Waals surface area contributed by atoms with Gasteiger partial charge in [-0.2, -0.15) is 0 Å². The zero-order valence-electron chi connectivity index (χ0n) is 38.3. The molecule has 10 rings (SSSR count). The average Bonchev–Trinajstić information content (AvgIpc) is 4.20. The van der Waals surface area contributed by atoms with E-state index >= 15 is 0 Å². The first-order chi connectivity index (χ1) is 34.6. The van der Waals surface area contributed by atoms with Gasteiger partial charge in [-0.15, -0.1) is 0 Å². The van der Waals surface area contributed by atoms with Crippen LogP contribution in [0.1, 0.15) is 58.0 Å². The number of imidazole rings is 2. The average molecular weight is 1070 g/mol. The van der Waals surface area contributed by atoms with Crippen LogP contribution in [0.5, 0.6) is 0 Å². The third-order valence-electron chi connectivity index (χ3n) is 12.3. The van der Waals surface area contributed by atoms with Crippen LogP contribution in [0.25, 0.3) is 22.3 Å². The Balaban J connectivity index is 0.000000180. The molecule has 0 amide bonds. The molecule has 15 atom stereocenters. The Kier molecular flexibility index (Phi) is 14.7. The van der Waals surface area contributed by atoms with Crippen molar-refractivity contribution in [2.45, 2.75) is 113 Å². The highest BCUT2D eigenvalue weighted by atomic mass is 31.2. The standard InChI is InChI=1S/C19H25N8O9P.C19H24N7O9P/c1-8-9(4-12(34-8)27-7-24-14-16(21)22-6-23-17(14)27)36-37(31,32)33-5-10-15(29)13(20)18(35-10)26-3-2-11(28)25-19(26)30;1-9-11(5-15(33-9)26-8-23-16-17(20)21-7-22-18(16)26)35-36(30,31)32-6-12-10(27)4-14(34-12)25-3-2-13(28)24-19(25)29/h2-3,6-10,12-13,15,18,29H,4-5,20H2,1H3,(H,31,32)(H2,21,22,23)(H,25,28,30);2-3,7-12,14-15,27H,4-6H2,1H3,(H,30,31)(H2,20,21,22)(H,24,28,29)/t8-,9+,10-,12-,13-,15-,18-;9-,10+,11+,12-,14-,15-/m11/s1. The Bertz CT molecular complexity index is 3310. The topological polar surface area (TPSA) is 464 Å². The molecule has 33 nitrogen and oxygen atoms in total. The number of aromatic nitrogens is 12. The number of hydrogen-bond donors (Lipinski definition) is 9. The van der Waals surface area contributed by atoms with E-state index in [1.807, 2.05) is 0 Å². The quantitative estimate of drug-likeness (QED) is 0.0521. The van der Waals surface area contributed by atoms with E-state index in [1.54, 1.807) is 23.0 Å². The third kappa shape index (κ3) is 11.1. The van der Waals surface area contributed by atoms with Crippen LogP contribution in [0.2, 0.25) is 0 Å². The molecule has 35 heteroatoms. The Morgan fingerprint density at radius 2 is 1.12 bits per heavy atom. The summed E-state index contributed by atoms with van der Waals surface area (Å²) in [5.74, 6) is 0.425. The fraction of sp³-hybridized carbons (Fsp3) is 0.526. The van der Waals surface area contributed by atoms with Crippen molar-refractivity contribution in [1.29, 1.82) is 0 Å². The molecule has 6 aromatic heterocycles. The van der Waals surface area contributed by atoms with E-state index in [-0.39, 0.29) is 30.9 Å². The molecule has 0 bridgehead atoms. The Labute approximate surface area is 408 Å². The van der Waals surface area contributed by atoms with Crippen LogP contribution in [0, 0.1) is 0 Å². The molecular weight excluding hydrogens is 1020 g/mol. The van der Waals surface area contributed by atoms with Crippen molar-refractivity contribution in [3.8, 4) is 0 Å².